The summed E-state index contributed by atoms with van der Waals surface area (Å²) in [5.74, 6) is 0.827. The van der Waals surface area contributed by atoms with Crippen LogP contribution in [-0.4, -0.2) is 24.2 Å². The highest BCUT2D eigenvalue weighted by molar-refractivity contribution is 5.73. The molecule has 5 nitrogen and oxygen atoms in total. The topological polar surface area (TPSA) is 74.5 Å². The Morgan fingerprint density at radius 1 is 1.53 bits per heavy atom. The molecule has 0 aliphatic rings. The lowest BCUT2D eigenvalue weighted by Gasteiger charge is -2.21. The van der Waals surface area contributed by atoms with Crippen LogP contribution in [0.1, 0.15) is 26.5 Å². The number of hydrogen-bond acceptors (Lipinski definition) is 3. The van der Waals surface area contributed by atoms with Gasteiger partial charge in [0.05, 0.1) is 12.8 Å². The Bertz CT molecular complexity index is 345. The highest BCUT2D eigenvalue weighted by Gasteiger charge is 2.26. The molecule has 0 saturated carbocycles. The summed E-state index contributed by atoms with van der Waals surface area (Å²) in [6.07, 6.45) is 1.49. The molecule has 1 heterocycles. The highest BCUT2D eigenvalue weighted by atomic mass is 16.4. The molecule has 0 aliphatic heterocycles. The molecular formula is C12H20N2O3. The summed E-state index contributed by atoms with van der Waals surface area (Å²) in [7, 11) is 0. The van der Waals surface area contributed by atoms with Crippen molar-refractivity contribution >= 4 is 6.03 Å². The minimum absolute atomic E-state index is 0.102. The van der Waals surface area contributed by atoms with Gasteiger partial charge in [0.15, 0.2) is 0 Å². The number of hydrogen-bond donors (Lipinski definition) is 3. The first-order valence-corrected chi connectivity index (χ1v) is 5.70. The number of urea groups is 1. The van der Waals surface area contributed by atoms with Crippen LogP contribution in [0.2, 0.25) is 0 Å². The molecule has 0 bridgehead atoms. The number of carbonyl (C=O) groups excluding carboxylic acids is 1. The third kappa shape index (κ3) is 4.48. The highest BCUT2D eigenvalue weighted by Crippen LogP contribution is 2.19. The van der Waals surface area contributed by atoms with Crippen LogP contribution >= 0.6 is 0 Å². The van der Waals surface area contributed by atoms with E-state index in [9.17, 15) is 9.90 Å². The second-order valence-electron chi connectivity index (χ2n) is 4.71. The van der Waals surface area contributed by atoms with E-state index in [1.54, 1.807) is 19.1 Å². The van der Waals surface area contributed by atoms with Crippen molar-refractivity contribution in [3.8, 4) is 0 Å². The number of nitrogens with one attached hydrogen (secondary N) is 2. The van der Waals surface area contributed by atoms with Gasteiger partial charge in [0.25, 0.3) is 0 Å². The molecule has 0 fully saturated rings. The second kappa shape index (κ2) is 5.72. The summed E-state index contributed by atoms with van der Waals surface area (Å²) in [5.41, 5.74) is -1.20. The summed E-state index contributed by atoms with van der Waals surface area (Å²) < 4.78 is 5.11. The van der Waals surface area contributed by atoms with Gasteiger partial charge in [0.2, 0.25) is 0 Å². The van der Waals surface area contributed by atoms with E-state index in [4.69, 9.17) is 4.42 Å². The molecule has 2 amide bonds. The summed E-state index contributed by atoms with van der Waals surface area (Å²) >= 11 is 0. The van der Waals surface area contributed by atoms with E-state index in [1.807, 2.05) is 13.8 Å². The zero-order valence-electron chi connectivity index (χ0n) is 10.5. The minimum atomic E-state index is -1.20. The molecule has 1 rings (SSSR count). The van der Waals surface area contributed by atoms with Crippen LogP contribution in [-0.2, 0) is 5.60 Å². The first-order chi connectivity index (χ1) is 7.92. The molecule has 96 valence electrons. The van der Waals surface area contributed by atoms with Crippen molar-refractivity contribution in [2.45, 2.75) is 26.4 Å². The summed E-state index contributed by atoms with van der Waals surface area (Å²) in [6.45, 7) is 6.33. The normalized spacial score (nSPS) is 14.4. The summed E-state index contributed by atoms with van der Waals surface area (Å²) in [6, 6.07) is 3.08. The van der Waals surface area contributed by atoms with Crippen molar-refractivity contribution in [1.82, 2.24) is 10.6 Å². The van der Waals surface area contributed by atoms with Gasteiger partial charge in [-0.25, -0.2) is 4.79 Å². The van der Waals surface area contributed by atoms with E-state index in [0.29, 0.717) is 18.2 Å². The Kier molecular flexibility index (Phi) is 4.57. The summed E-state index contributed by atoms with van der Waals surface area (Å²) in [5, 5.41) is 15.4. The number of rotatable bonds is 5. The summed E-state index contributed by atoms with van der Waals surface area (Å²) in [4.78, 5) is 11.4. The fraction of sp³-hybridized carbons (Fsp3) is 0.583. The van der Waals surface area contributed by atoms with Crippen molar-refractivity contribution in [1.29, 1.82) is 0 Å². The van der Waals surface area contributed by atoms with Crippen LogP contribution < -0.4 is 10.6 Å². The SMILES string of the molecule is CC(C)CNC(=O)NCC(C)(O)c1ccco1. The van der Waals surface area contributed by atoms with Crippen LogP contribution in [0, 0.1) is 5.92 Å². The van der Waals surface area contributed by atoms with Gasteiger partial charge in [-0.3, -0.25) is 0 Å². The zero-order chi connectivity index (χ0) is 12.9. The molecule has 1 aromatic heterocycles. The molecule has 1 unspecified atom stereocenters. The maximum Gasteiger partial charge on any atom is 0.314 e. The van der Waals surface area contributed by atoms with E-state index >= 15 is 0 Å². The fourth-order valence-corrected chi connectivity index (χ4v) is 1.28. The van der Waals surface area contributed by atoms with Gasteiger partial charge >= 0.3 is 6.03 Å². The van der Waals surface area contributed by atoms with Crippen molar-refractivity contribution < 1.29 is 14.3 Å². The number of aliphatic hydroxyl groups is 1. The van der Waals surface area contributed by atoms with Crippen LogP contribution in [0.3, 0.4) is 0 Å². The van der Waals surface area contributed by atoms with Gasteiger partial charge in [-0.2, -0.15) is 0 Å². The molecular weight excluding hydrogens is 220 g/mol. The van der Waals surface area contributed by atoms with Gasteiger partial charge in [-0.1, -0.05) is 13.8 Å². The maximum absolute atomic E-state index is 11.4. The molecule has 17 heavy (non-hydrogen) atoms. The maximum atomic E-state index is 11.4. The molecule has 0 saturated heterocycles. The molecule has 1 atom stereocenters. The van der Waals surface area contributed by atoms with Gasteiger partial charge in [0, 0.05) is 6.54 Å². The Hall–Kier alpha value is -1.49. The number of furan rings is 1. The number of amides is 2. The Morgan fingerprint density at radius 3 is 2.76 bits per heavy atom. The second-order valence-corrected chi connectivity index (χ2v) is 4.71. The Balaban J connectivity index is 2.37. The molecule has 0 aliphatic carbocycles. The third-order valence-electron chi connectivity index (χ3n) is 2.32. The van der Waals surface area contributed by atoms with Crippen LogP contribution in [0.15, 0.2) is 22.8 Å². The largest absolute Gasteiger partial charge is 0.466 e. The minimum Gasteiger partial charge on any atom is -0.466 e. The molecule has 0 radical (unpaired) electrons. The predicted molar refractivity (Wildman–Crippen MR) is 64.5 cm³/mol. The first kappa shape index (κ1) is 13.6. The third-order valence-corrected chi connectivity index (χ3v) is 2.32. The average Bonchev–Trinajstić information content (AvgIpc) is 2.77. The van der Waals surface area contributed by atoms with Crippen molar-refractivity contribution in [2.24, 2.45) is 5.92 Å². The Morgan fingerprint density at radius 2 is 2.24 bits per heavy atom. The standard InChI is InChI=1S/C12H20N2O3/c1-9(2)7-13-11(15)14-8-12(3,16)10-5-4-6-17-10/h4-6,9,16H,7-8H2,1-3H3,(H2,13,14,15). The van der Waals surface area contributed by atoms with Gasteiger partial charge in [0.1, 0.15) is 11.4 Å². The molecule has 0 aromatic carbocycles. The van der Waals surface area contributed by atoms with E-state index in [2.05, 4.69) is 10.6 Å². The smallest absolute Gasteiger partial charge is 0.314 e. The van der Waals surface area contributed by atoms with Crippen LogP contribution in [0.5, 0.6) is 0 Å². The van der Waals surface area contributed by atoms with Crippen molar-refractivity contribution in [2.75, 3.05) is 13.1 Å². The quantitative estimate of drug-likeness (QED) is 0.729. The van der Waals surface area contributed by atoms with Gasteiger partial charge in [-0.15, -0.1) is 0 Å². The fourth-order valence-electron chi connectivity index (χ4n) is 1.28. The zero-order valence-corrected chi connectivity index (χ0v) is 10.5. The lowest BCUT2D eigenvalue weighted by Crippen LogP contribution is -2.44. The average molecular weight is 240 g/mol. The van der Waals surface area contributed by atoms with E-state index in [-0.39, 0.29) is 12.6 Å². The lowest BCUT2D eigenvalue weighted by molar-refractivity contribution is 0.0367. The van der Waals surface area contributed by atoms with Crippen LogP contribution in [0.25, 0.3) is 0 Å². The molecule has 1 aromatic rings. The monoisotopic (exact) mass is 240 g/mol. The van der Waals surface area contributed by atoms with Gasteiger partial charge in [-0.05, 0) is 25.0 Å². The van der Waals surface area contributed by atoms with Crippen molar-refractivity contribution in [3.05, 3.63) is 24.2 Å². The Labute approximate surface area is 101 Å². The van der Waals surface area contributed by atoms with E-state index in [1.165, 1.54) is 6.26 Å². The predicted octanol–water partition coefficient (Wildman–Crippen LogP) is 1.44. The lowest BCUT2D eigenvalue weighted by atomic mass is 10.0. The number of carbonyl (C=O) groups is 1. The van der Waals surface area contributed by atoms with E-state index < -0.39 is 5.60 Å². The van der Waals surface area contributed by atoms with E-state index in [0.717, 1.165) is 0 Å². The van der Waals surface area contributed by atoms with Gasteiger partial charge < -0.3 is 20.2 Å². The van der Waals surface area contributed by atoms with Crippen molar-refractivity contribution in [3.63, 3.8) is 0 Å². The molecule has 0 spiro atoms. The molecule has 5 heteroatoms. The molecule has 3 N–H and O–H groups in total. The van der Waals surface area contributed by atoms with Crippen LogP contribution in [0.4, 0.5) is 4.79 Å². The first-order valence-electron chi connectivity index (χ1n) is 5.70.